The van der Waals surface area contributed by atoms with E-state index in [4.69, 9.17) is 4.98 Å². The normalized spacial score (nSPS) is 11.7. The highest BCUT2D eigenvalue weighted by molar-refractivity contribution is 6.25. The van der Waals surface area contributed by atoms with Crippen LogP contribution in [0.5, 0.6) is 0 Å². The summed E-state index contributed by atoms with van der Waals surface area (Å²) in [6.45, 7) is 2.04. The van der Waals surface area contributed by atoms with Crippen LogP contribution < -0.4 is 0 Å². The van der Waals surface area contributed by atoms with Crippen LogP contribution in [-0.4, -0.2) is 4.98 Å². The first-order valence-corrected chi connectivity index (χ1v) is 7.92. The summed E-state index contributed by atoms with van der Waals surface area (Å²) < 4.78 is 0. The van der Waals surface area contributed by atoms with Crippen molar-refractivity contribution in [1.82, 2.24) is 4.98 Å². The molecule has 23 heavy (non-hydrogen) atoms. The topological polar surface area (TPSA) is 12.9 Å². The Morgan fingerprint density at radius 2 is 1.26 bits per heavy atom. The molecule has 0 bridgehead atoms. The third-order valence-corrected chi connectivity index (χ3v) is 4.69. The highest BCUT2D eigenvalue weighted by Gasteiger charge is 2.12. The summed E-state index contributed by atoms with van der Waals surface area (Å²) in [4.78, 5) is 4.73. The van der Waals surface area contributed by atoms with Crippen LogP contribution in [0.2, 0.25) is 0 Å². The van der Waals surface area contributed by atoms with Crippen LogP contribution in [0, 0.1) is 6.92 Å². The van der Waals surface area contributed by atoms with Gasteiger partial charge in [-0.25, -0.2) is 0 Å². The Kier molecular flexibility index (Phi) is 2.48. The van der Waals surface area contributed by atoms with E-state index in [9.17, 15) is 0 Å². The Morgan fingerprint density at radius 1 is 0.609 bits per heavy atom. The van der Waals surface area contributed by atoms with Gasteiger partial charge < -0.3 is 0 Å². The van der Waals surface area contributed by atoms with Gasteiger partial charge in [-0.15, -0.1) is 0 Å². The number of pyridine rings is 1. The highest BCUT2D eigenvalue weighted by atomic mass is 14.7. The Labute approximate surface area is 134 Å². The van der Waals surface area contributed by atoms with Crippen molar-refractivity contribution in [1.29, 1.82) is 0 Å². The van der Waals surface area contributed by atoms with Crippen LogP contribution in [0.25, 0.3) is 43.6 Å². The third kappa shape index (κ3) is 1.77. The van der Waals surface area contributed by atoms with Crippen molar-refractivity contribution in [3.05, 3.63) is 78.5 Å². The number of hydrogen-bond acceptors (Lipinski definition) is 1. The number of aryl methyl sites for hydroxylation is 1. The summed E-state index contributed by atoms with van der Waals surface area (Å²) in [6, 6.07) is 26.0. The van der Waals surface area contributed by atoms with Crippen molar-refractivity contribution >= 4 is 32.3 Å². The maximum atomic E-state index is 4.73. The van der Waals surface area contributed by atoms with Crippen molar-refractivity contribution < 1.29 is 0 Å². The number of benzene rings is 4. The molecular weight excluding hydrogens is 278 g/mol. The van der Waals surface area contributed by atoms with Crippen LogP contribution in [-0.2, 0) is 0 Å². The molecule has 0 aliphatic carbocycles. The maximum Gasteiger partial charge on any atom is 0.0711 e. The maximum absolute atomic E-state index is 4.73. The van der Waals surface area contributed by atoms with Crippen LogP contribution in [0.1, 0.15) is 5.69 Å². The van der Waals surface area contributed by atoms with Gasteiger partial charge in [0.25, 0.3) is 0 Å². The van der Waals surface area contributed by atoms with Crippen molar-refractivity contribution in [2.75, 3.05) is 0 Å². The molecule has 1 heterocycles. The molecule has 0 aliphatic heterocycles. The minimum atomic E-state index is 1.04. The van der Waals surface area contributed by atoms with Crippen LogP contribution in [0.4, 0.5) is 0 Å². The fraction of sp³-hybridized carbons (Fsp3) is 0.0455. The fourth-order valence-electron chi connectivity index (χ4n) is 3.65. The predicted octanol–water partition coefficient (Wildman–Crippen LogP) is 5.95. The lowest BCUT2D eigenvalue weighted by molar-refractivity contribution is 1.21. The lowest BCUT2D eigenvalue weighted by Crippen LogP contribution is -1.90. The fourth-order valence-corrected chi connectivity index (χ4v) is 3.65. The molecule has 0 saturated carbocycles. The minimum Gasteiger partial charge on any atom is -0.253 e. The molecule has 4 aromatic carbocycles. The molecule has 0 radical (unpaired) electrons. The van der Waals surface area contributed by atoms with Gasteiger partial charge >= 0.3 is 0 Å². The summed E-state index contributed by atoms with van der Waals surface area (Å²) in [5.41, 5.74) is 3.30. The van der Waals surface area contributed by atoms with E-state index >= 15 is 0 Å². The molecule has 0 spiro atoms. The van der Waals surface area contributed by atoms with Crippen molar-refractivity contribution in [3.8, 4) is 11.3 Å². The van der Waals surface area contributed by atoms with E-state index in [1.165, 1.54) is 37.9 Å². The molecule has 0 unspecified atom stereocenters. The molecule has 0 atom stereocenters. The smallest absolute Gasteiger partial charge is 0.0711 e. The molecule has 5 aromatic rings. The van der Waals surface area contributed by atoms with E-state index in [1.807, 2.05) is 13.0 Å². The molecule has 108 valence electrons. The quantitative estimate of drug-likeness (QED) is 0.348. The van der Waals surface area contributed by atoms with Crippen LogP contribution in [0.15, 0.2) is 72.8 Å². The summed E-state index contributed by atoms with van der Waals surface area (Å²) in [6.07, 6.45) is 0. The van der Waals surface area contributed by atoms with Crippen molar-refractivity contribution in [2.45, 2.75) is 6.92 Å². The SMILES string of the molecule is Cc1cccc(-c2ccc3ccc4cccc5ccc2c3c45)n1. The first kappa shape index (κ1) is 12.6. The van der Waals surface area contributed by atoms with E-state index in [-0.39, 0.29) is 0 Å². The Hall–Kier alpha value is -2.93. The van der Waals surface area contributed by atoms with Gasteiger partial charge in [0.15, 0.2) is 0 Å². The largest absolute Gasteiger partial charge is 0.253 e. The summed E-state index contributed by atoms with van der Waals surface area (Å²) in [7, 11) is 0. The van der Waals surface area contributed by atoms with Gasteiger partial charge in [0, 0.05) is 11.3 Å². The Morgan fingerprint density at radius 3 is 2.04 bits per heavy atom. The monoisotopic (exact) mass is 293 g/mol. The minimum absolute atomic E-state index is 1.04. The second-order valence-corrected chi connectivity index (χ2v) is 6.13. The van der Waals surface area contributed by atoms with E-state index < -0.39 is 0 Å². The van der Waals surface area contributed by atoms with Gasteiger partial charge in [-0.05, 0) is 51.4 Å². The standard InChI is InChI=1S/C22H15N/c1-14-4-2-7-20(23-14)18-12-10-17-9-8-15-5-3-6-16-11-13-19(18)22(17)21(15)16/h2-13H,1H3. The lowest BCUT2D eigenvalue weighted by Gasteiger charge is -2.13. The molecule has 0 fully saturated rings. The number of aromatic nitrogens is 1. The van der Waals surface area contributed by atoms with E-state index in [1.54, 1.807) is 0 Å². The molecule has 5 rings (SSSR count). The highest BCUT2D eigenvalue weighted by Crippen LogP contribution is 2.38. The van der Waals surface area contributed by atoms with E-state index in [2.05, 4.69) is 66.7 Å². The Bertz CT molecular complexity index is 1150. The van der Waals surface area contributed by atoms with Gasteiger partial charge in [0.2, 0.25) is 0 Å². The van der Waals surface area contributed by atoms with E-state index in [0.29, 0.717) is 0 Å². The number of nitrogens with zero attached hydrogens (tertiary/aromatic N) is 1. The summed E-state index contributed by atoms with van der Waals surface area (Å²) in [5, 5.41) is 7.88. The molecule has 0 saturated heterocycles. The number of rotatable bonds is 1. The molecular formula is C22H15N. The zero-order valence-corrected chi connectivity index (χ0v) is 12.9. The molecule has 1 nitrogen and oxygen atoms in total. The predicted molar refractivity (Wildman–Crippen MR) is 98.1 cm³/mol. The second-order valence-electron chi connectivity index (χ2n) is 6.13. The zero-order chi connectivity index (χ0) is 15.4. The molecule has 1 aromatic heterocycles. The van der Waals surface area contributed by atoms with Crippen LogP contribution >= 0.6 is 0 Å². The van der Waals surface area contributed by atoms with Crippen LogP contribution in [0.3, 0.4) is 0 Å². The first-order chi connectivity index (χ1) is 11.3. The Balaban J connectivity index is 1.99. The molecule has 0 N–H and O–H groups in total. The molecule has 0 aliphatic rings. The van der Waals surface area contributed by atoms with Gasteiger partial charge in [-0.2, -0.15) is 0 Å². The summed E-state index contributed by atoms with van der Waals surface area (Å²) in [5.74, 6) is 0. The average molecular weight is 293 g/mol. The van der Waals surface area contributed by atoms with Gasteiger partial charge in [0.05, 0.1) is 5.69 Å². The average Bonchev–Trinajstić information content (AvgIpc) is 2.59. The van der Waals surface area contributed by atoms with Crippen molar-refractivity contribution in [2.24, 2.45) is 0 Å². The second kappa shape index (κ2) is 4.53. The third-order valence-electron chi connectivity index (χ3n) is 4.69. The summed E-state index contributed by atoms with van der Waals surface area (Å²) >= 11 is 0. The van der Waals surface area contributed by atoms with Gasteiger partial charge in [-0.3, -0.25) is 4.98 Å². The molecule has 0 amide bonds. The zero-order valence-electron chi connectivity index (χ0n) is 12.9. The van der Waals surface area contributed by atoms with Crippen molar-refractivity contribution in [3.63, 3.8) is 0 Å². The van der Waals surface area contributed by atoms with Gasteiger partial charge in [-0.1, -0.05) is 60.7 Å². The van der Waals surface area contributed by atoms with E-state index in [0.717, 1.165) is 11.4 Å². The lowest BCUT2D eigenvalue weighted by atomic mass is 9.91. The molecule has 1 heteroatoms. The van der Waals surface area contributed by atoms with Gasteiger partial charge in [0.1, 0.15) is 0 Å². The first-order valence-electron chi connectivity index (χ1n) is 7.92. The number of hydrogen-bond donors (Lipinski definition) is 0.